The first-order valence-corrected chi connectivity index (χ1v) is 5.31. The average Bonchev–Trinajstić information content (AvgIpc) is 2.28. The summed E-state index contributed by atoms with van der Waals surface area (Å²) in [5.41, 5.74) is 8.95. The molecule has 0 heterocycles. The molecular weight excluding hydrogens is 240 g/mol. The quantitative estimate of drug-likeness (QED) is 0.365. The van der Waals surface area contributed by atoms with E-state index < -0.39 is 4.92 Å². The van der Waals surface area contributed by atoms with E-state index in [0.717, 1.165) is 0 Å². The lowest BCUT2D eigenvalue weighted by Gasteiger charge is -2.01. The third kappa shape index (κ3) is 3.80. The molecule has 0 fully saturated rings. The summed E-state index contributed by atoms with van der Waals surface area (Å²) in [5, 5.41) is 14.6. The fourth-order valence-electron chi connectivity index (χ4n) is 1.30. The second-order valence-corrected chi connectivity index (χ2v) is 3.67. The molecule has 90 valence electrons. The highest BCUT2D eigenvalue weighted by Gasteiger charge is 2.11. The topological polar surface area (TPSA) is 93.5 Å². The van der Waals surface area contributed by atoms with Crippen LogP contribution in [0.4, 0.5) is 5.69 Å². The zero-order valence-corrected chi connectivity index (χ0v) is 10.0. The number of nitro benzene ring substituents is 1. The fraction of sp³-hybridized carbons (Fsp3) is 0.200. The van der Waals surface area contributed by atoms with Gasteiger partial charge in [0.1, 0.15) is 0 Å². The summed E-state index contributed by atoms with van der Waals surface area (Å²) in [6.07, 6.45) is 2.03. The van der Waals surface area contributed by atoms with Crippen LogP contribution in [0, 0.1) is 10.1 Å². The van der Waals surface area contributed by atoms with E-state index >= 15 is 0 Å². The Hall–Kier alpha value is -2.02. The molecule has 0 unspecified atom stereocenters. The van der Waals surface area contributed by atoms with Crippen LogP contribution in [-0.4, -0.2) is 16.3 Å². The van der Waals surface area contributed by atoms with Gasteiger partial charge in [-0.25, -0.2) is 0 Å². The third-order valence-electron chi connectivity index (χ3n) is 2.08. The molecule has 0 bridgehead atoms. The van der Waals surface area contributed by atoms with Crippen molar-refractivity contribution in [2.75, 3.05) is 0 Å². The molecule has 0 aliphatic rings. The molecule has 1 aromatic rings. The Bertz CT molecular complexity index is 473. The molecule has 0 spiro atoms. The number of thiocarbonyl (C=S) groups is 1. The summed E-state index contributed by atoms with van der Waals surface area (Å²) >= 11 is 4.56. The van der Waals surface area contributed by atoms with Crippen molar-refractivity contribution in [1.29, 1.82) is 0 Å². The van der Waals surface area contributed by atoms with Crippen LogP contribution in [0.3, 0.4) is 0 Å². The van der Waals surface area contributed by atoms with Crippen molar-refractivity contribution in [3.63, 3.8) is 0 Å². The Morgan fingerprint density at radius 1 is 1.71 bits per heavy atom. The standard InChI is InChI=1S/C10H12N4O2S/c1-2-8-4-3-7(5-9(8)14(15)16)6-12-13-10(11)17/h3-6H,2H2,1H3,(H3,11,13,17). The highest BCUT2D eigenvalue weighted by Crippen LogP contribution is 2.19. The van der Waals surface area contributed by atoms with Crippen molar-refractivity contribution in [2.45, 2.75) is 13.3 Å². The fourth-order valence-corrected chi connectivity index (χ4v) is 1.35. The van der Waals surface area contributed by atoms with Crippen molar-refractivity contribution >= 4 is 29.2 Å². The van der Waals surface area contributed by atoms with E-state index in [2.05, 4.69) is 22.7 Å². The number of hydrogen-bond acceptors (Lipinski definition) is 4. The second-order valence-electron chi connectivity index (χ2n) is 3.23. The monoisotopic (exact) mass is 252 g/mol. The molecule has 0 aliphatic carbocycles. The van der Waals surface area contributed by atoms with E-state index in [9.17, 15) is 10.1 Å². The van der Waals surface area contributed by atoms with Gasteiger partial charge in [-0.1, -0.05) is 19.1 Å². The van der Waals surface area contributed by atoms with Gasteiger partial charge in [0.05, 0.1) is 11.1 Å². The summed E-state index contributed by atoms with van der Waals surface area (Å²) in [7, 11) is 0. The SMILES string of the molecule is CCc1ccc(C=NNC(N)=S)cc1[N+](=O)[O-]. The normalized spacial score (nSPS) is 10.4. The van der Waals surface area contributed by atoms with E-state index in [1.54, 1.807) is 12.1 Å². The van der Waals surface area contributed by atoms with Gasteiger partial charge in [-0.3, -0.25) is 15.5 Å². The van der Waals surface area contributed by atoms with Crippen molar-refractivity contribution < 1.29 is 4.92 Å². The number of nitrogens with one attached hydrogen (secondary N) is 1. The molecule has 0 aliphatic heterocycles. The van der Waals surface area contributed by atoms with Crippen LogP contribution >= 0.6 is 12.2 Å². The van der Waals surface area contributed by atoms with Crippen molar-refractivity contribution in [3.8, 4) is 0 Å². The maximum Gasteiger partial charge on any atom is 0.273 e. The summed E-state index contributed by atoms with van der Waals surface area (Å²) < 4.78 is 0. The van der Waals surface area contributed by atoms with Crippen molar-refractivity contribution in [3.05, 3.63) is 39.4 Å². The second kappa shape index (κ2) is 5.90. The Morgan fingerprint density at radius 2 is 2.41 bits per heavy atom. The van der Waals surface area contributed by atoms with Crippen LogP contribution in [0.2, 0.25) is 0 Å². The largest absolute Gasteiger partial charge is 0.375 e. The number of rotatable bonds is 4. The highest BCUT2D eigenvalue weighted by molar-refractivity contribution is 7.80. The van der Waals surface area contributed by atoms with E-state index in [1.807, 2.05) is 6.92 Å². The molecule has 1 aromatic carbocycles. The Labute approximate surface area is 104 Å². The number of benzene rings is 1. The van der Waals surface area contributed by atoms with Gasteiger partial charge in [0.15, 0.2) is 5.11 Å². The molecule has 0 amide bonds. The minimum absolute atomic E-state index is 0.0425. The van der Waals surface area contributed by atoms with Gasteiger partial charge in [-0.15, -0.1) is 0 Å². The number of hydrogen-bond donors (Lipinski definition) is 2. The number of nitrogens with two attached hydrogens (primary N) is 1. The van der Waals surface area contributed by atoms with E-state index in [1.165, 1.54) is 12.3 Å². The first-order chi connectivity index (χ1) is 8.04. The molecule has 0 saturated carbocycles. The summed E-state index contributed by atoms with van der Waals surface area (Å²) in [4.78, 5) is 10.4. The Kier molecular flexibility index (Phi) is 4.53. The first kappa shape index (κ1) is 13.0. The van der Waals surface area contributed by atoms with Crippen molar-refractivity contribution in [1.82, 2.24) is 5.43 Å². The van der Waals surface area contributed by atoms with Crippen LogP contribution in [0.1, 0.15) is 18.1 Å². The summed E-state index contributed by atoms with van der Waals surface area (Å²) in [6.45, 7) is 1.87. The zero-order chi connectivity index (χ0) is 12.8. The van der Waals surface area contributed by atoms with Crippen LogP contribution in [-0.2, 0) is 6.42 Å². The summed E-state index contributed by atoms with van der Waals surface area (Å²) in [5.74, 6) is 0. The maximum atomic E-state index is 10.8. The minimum Gasteiger partial charge on any atom is -0.375 e. The number of nitro groups is 1. The Morgan fingerprint density at radius 3 is 2.94 bits per heavy atom. The molecule has 3 N–H and O–H groups in total. The predicted octanol–water partition coefficient (Wildman–Crippen LogP) is 1.32. The Balaban J connectivity index is 2.96. The van der Waals surface area contributed by atoms with E-state index in [0.29, 0.717) is 17.5 Å². The van der Waals surface area contributed by atoms with Gasteiger partial charge >= 0.3 is 0 Å². The van der Waals surface area contributed by atoms with Gasteiger partial charge < -0.3 is 5.73 Å². The molecule has 0 saturated heterocycles. The molecule has 6 nitrogen and oxygen atoms in total. The van der Waals surface area contributed by atoms with Gasteiger partial charge in [-0.2, -0.15) is 5.10 Å². The van der Waals surface area contributed by atoms with Crippen LogP contribution < -0.4 is 11.2 Å². The summed E-state index contributed by atoms with van der Waals surface area (Å²) in [6, 6.07) is 4.92. The molecule has 0 radical (unpaired) electrons. The first-order valence-electron chi connectivity index (χ1n) is 4.90. The number of aryl methyl sites for hydroxylation is 1. The van der Waals surface area contributed by atoms with Crippen LogP contribution in [0.5, 0.6) is 0 Å². The molecule has 1 rings (SSSR count). The molecule has 7 heteroatoms. The maximum absolute atomic E-state index is 10.8. The van der Waals surface area contributed by atoms with Crippen LogP contribution in [0.25, 0.3) is 0 Å². The number of hydrazone groups is 1. The third-order valence-corrected chi connectivity index (χ3v) is 2.17. The molecule has 0 aromatic heterocycles. The number of nitrogens with zero attached hydrogens (tertiary/aromatic N) is 2. The van der Waals surface area contributed by atoms with E-state index in [-0.39, 0.29) is 10.8 Å². The zero-order valence-electron chi connectivity index (χ0n) is 9.21. The molecular formula is C10H12N4O2S. The average molecular weight is 252 g/mol. The molecule has 17 heavy (non-hydrogen) atoms. The lowest BCUT2D eigenvalue weighted by Crippen LogP contribution is -2.23. The van der Waals surface area contributed by atoms with Gasteiger partial charge in [0, 0.05) is 17.2 Å². The highest BCUT2D eigenvalue weighted by atomic mass is 32.1. The van der Waals surface area contributed by atoms with Crippen molar-refractivity contribution in [2.24, 2.45) is 10.8 Å². The predicted molar refractivity (Wildman–Crippen MR) is 70.0 cm³/mol. The van der Waals surface area contributed by atoms with E-state index in [4.69, 9.17) is 5.73 Å². The smallest absolute Gasteiger partial charge is 0.273 e. The van der Waals surface area contributed by atoms with Gasteiger partial charge in [0.25, 0.3) is 5.69 Å². The lowest BCUT2D eigenvalue weighted by molar-refractivity contribution is -0.385. The van der Waals surface area contributed by atoms with Gasteiger partial charge in [0.2, 0.25) is 0 Å². The molecule has 0 atom stereocenters. The minimum atomic E-state index is -0.406. The van der Waals surface area contributed by atoms with Gasteiger partial charge in [-0.05, 0) is 18.6 Å². The lowest BCUT2D eigenvalue weighted by atomic mass is 10.1. The van der Waals surface area contributed by atoms with Crippen LogP contribution in [0.15, 0.2) is 23.3 Å².